The summed E-state index contributed by atoms with van der Waals surface area (Å²) in [6, 6.07) is 11.3. The Morgan fingerprint density at radius 2 is 1.83 bits per heavy atom. The van der Waals surface area contributed by atoms with Crippen molar-refractivity contribution >= 4 is 29.1 Å². The van der Waals surface area contributed by atoms with Gasteiger partial charge in [-0.05, 0) is 43.3 Å². The molecule has 30 heavy (non-hydrogen) atoms. The molecule has 3 rings (SSSR count). The van der Waals surface area contributed by atoms with Crippen LogP contribution in [0.4, 0.5) is 24.7 Å². The van der Waals surface area contributed by atoms with Crippen molar-refractivity contribution in [1.82, 2.24) is 15.2 Å². The first kappa shape index (κ1) is 21.5. The zero-order chi connectivity index (χ0) is 21.9. The van der Waals surface area contributed by atoms with Gasteiger partial charge in [0.1, 0.15) is 0 Å². The Hall–Kier alpha value is -3.20. The van der Waals surface area contributed by atoms with Gasteiger partial charge in [-0.25, -0.2) is 9.78 Å². The van der Waals surface area contributed by atoms with Crippen LogP contribution in [0.15, 0.2) is 48.5 Å². The van der Waals surface area contributed by atoms with Gasteiger partial charge < -0.3 is 9.64 Å². The number of esters is 1. The molecule has 10 heteroatoms. The van der Waals surface area contributed by atoms with E-state index in [1.807, 2.05) is 0 Å². The summed E-state index contributed by atoms with van der Waals surface area (Å²) in [5, 5.41) is 8.26. The smallest absolute Gasteiger partial charge is 0.416 e. The van der Waals surface area contributed by atoms with Gasteiger partial charge in [0.05, 0.1) is 12.2 Å². The summed E-state index contributed by atoms with van der Waals surface area (Å²) < 4.78 is 44.2. The van der Waals surface area contributed by atoms with Gasteiger partial charge in [0.15, 0.2) is 11.6 Å². The minimum absolute atomic E-state index is 0.0649. The lowest BCUT2D eigenvalue weighted by Gasteiger charge is -2.20. The van der Waals surface area contributed by atoms with Crippen LogP contribution >= 0.6 is 11.6 Å². The first-order valence-electron chi connectivity index (χ1n) is 8.79. The molecule has 0 amide bonds. The van der Waals surface area contributed by atoms with Crippen molar-refractivity contribution in [1.29, 1.82) is 0 Å². The average molecular weight is 437 g/mol. The second-order valence-electron chi connectivity index (χ2n) is 6.14. The van der Waals surface area contributed by atoms with Crippen molar-refractivity contribution < 1.29 is 22.7 Å². The maximum absolute atomic E-state index is 13.1. The van der Waals surface area contributed by atoms with Crippen molar-refractivity contribution in [2.24, 2.45) is 0 Å². The highest BCUT2D eigenvalue weighted by molar-refractivity contribution is 6.30. The zero-order valence-corrected chi connectivity index (χ0v) is 16.7. The van der Waals surface area contributed by atoms with E-state index in [1.54, 1.807) is 43.1 Å². The number of carbonyl (C=O) groups excluding carboxylic acids is 1. The number of nitrogens with zero attached hydrogens (tertiary/aromatic N) is 4. The van der Waals surface area contributed by atoms with Gasteiger partial charge in [0, 0.05) is 23.3 Å². The summed E-state index contributed by atoms with van der Waals surface area (Å²) in [5.74, 6) is -0.730. The summed E-state index contributed by atoms with van der Waals surface area (Å²) >= 11 is 5.92. The zero-order valence-electron chi connectivity index (χ0n) is 15.9. The van der Waals surface area contributed by atoms with E-state index in [2.05, 4.69) is 15.2 Å². The van der Waals surface area contributed by atoms with Crippen LogP contribution in [0, 0.1) is 0 Å². The molecule has 0 spiro atoms. The standard InChI is InChI=1S/C20H16ClF3N4O2/c1-3-30-19(29)16-18(28(2)15-9-7-14(21)8-10-15)25-17(27-26-16)12-5-4-6-13(11-12)20(22,23)24/h4-11H,3H2,1-2H3. The maximum Gasteiger partial charge on any atom is 0.416 e. The SMILES string of the molecule is CCOC(=O)c1nnc(-c2cccc(C(F)(F)F)c2)nc1N(C)c1ccc(Cl)cc1. The monoisotopic (exact) mass is 436 g/mol. The number of hydrogen-bond donors (Lipinski definition) is 0. The molecule has 0 atom stereocenters. The molecule has 2 aromatic carbocycles. The number of alkyl halides is 3. The summed E-state index contributed by atoms with van der Waals surface area (Å²) in [6.07, 6.45) is -4.52. The van der Waals surface area contributed by atoms with Gasteiger partial charge in [-0.1, -0.05) is 23.7 Å². The Labute approximate surface area is 175 Å². The van der Waals surface area contributed by atoms with Crippen LogP contribution in [-0.2, 0) is 10.9 Å². The first-order chi connectivity index (χ1) is 14.2. The molecule has 0 fully saturated rings. The first-order valence-corrected chi connectivity index (χ1v) is 9.17. The molecule has 1 aromatic heterocycles. The predicted molar refractivity (Wildman–Crippen MR) is 106 cm³/mol. The average Bonchev–Trinajstić information content (AvgIpc) is 2.73. The lowest BCUT2D eigenvalue weighted by Crippen LogP contribution is -2.20. The maximum atomic E-state index is 13.1. The third kappa shape index (κ3) is 4.68. The number of halogens is 4. The molecule has 156 valence electrons. The summed E-state index contributed by atoms with van der Waals surface area (Å²) in [6.45, 7) is 1.75. The molecule has 1 heterocycles. The van der Waals surface area contributed by atoms with E-state index in [0.717, 1.165) is 12.1 Å². The van der Waals surface area contributed by atoms with Crippen LogP contribution in [0.1, 0.15) is 23.0 Å². The van der Waals surface area contributed by atoms with Crippen LogP contribution in [0.5, 0.6) is 0 Å². The molecule has 0 aliphatic heterocycles. The van der Waals surface area contributed by atoms with Crippen molar-refractivity contribution in [3.05, 3.63) is 64.8 Å². The predicted octanol–water partition coefficient (Wildman–Crippen LogP) is 5.16. The minimum Gasteiger partial charge on any atom is -0.461 e. The van der Waals surface area contributed by atoms with Crippen LogP contribution in [0.3, 0.4) is 0 Å². The number of hydrogen-bond acceptors (Lipinski definition) is 6. The van der Waals surface area contributed by atoms with E-state index < -0.39 is 17.7 Å². The van der Waals surface area contributed by atoms with Crippen LogP contribution < -0.4 is 4.90 Å². The fourth-order valence-corrected chi connectivity index (χ4v) is 2.75. The molecule has 0 aliphatic rings. The fourth-order valence-electron chi connectivity index (χ4n) is 2.63. The summed E-state index contributed by atoms with van der Waals surface area (Å²) in [5.41, 5.74) is -0.269. The number of benzene rings is 2. The Morgan fingerprint density at radius 3 is 2.47 bits per heavy atom. The normalized spacial score (nSPS) is 11.3. The Balaban J connectivity index is 2.11. The van der Waals surface area contributed by atoms with Crippen molar-refractivity contribution in [2.45, 2.75) is 13.1 Å². The number of rotatable bonds is 5. The minimum atomic E-state index is -4.52. The largest absolute Gasteiger partial charge is 0.461 e. The highest BCUT2D eigenvalue weighted by Crippen LogP contribution is 2.32. The molecular weight excluding hydrogens is 421 g/mol. The number of aromatic nitrogens is 3. The molecule has 0 radical (unpaired) electrons. The molecule has 0 saturated carbocycles. The molecule has 3 aromatic rings. The quantitative estimate of drug-likeness (QED) is 0.515. The number of ether oxygens (including phenoxy) is 1. The van der Waals surface area contributed by atoms with E-state index >= 15 is 0 Å². The molecular formula is C20H16ClF3N4O2. The molecule has 0 saturated heterocycles. The number of carbonyl (C=O) groups is 1. The molecule has 6 nitrogen and oxygen atoms in total. The van der Waals surface area contributed by atoms with Gasteiger partial charge in [0.25, 0.3) is 0 Å². The van der Waals surface area contributed by atoms with Crippen LogP contribution in [0.2, 0.25) is 5.02 Å². The molecule has 0 N–H and O–H groups in total. The lowest BCUT2D eigenvalue weighted by atomic mass is 10.1. The Morgan fingerprint density at radius 1 is 1.13 bits per heavy atom. The van der Waals surface area contributed by atoms with E-state index in [0.29, 0.717) is 10.7 Å². The molecule has 0 bridgehead atoms. The topological polar surface area (TPSA) is 68.2 Å². The van der Waals surface area contributed by atoms with E-state index in [-0.39, 0.29) is 29.5 Å². The molecule has 0 unspecified atom stereocenters. The Kier molecular flexibility index (Phi) is 6.21. The van der Waals surface area contributed by atoms with E-state index in [9.17, 15) is 18.0 Å². The highest BCUT2D eigenvalue weighted by atomic mass is 35.5. The van der Waals surface area contributed by atoms with E-state index in [1.165, 1.54) is 12.1 Å². The fraction of sp³-hybridized carbons (Fsp3) is 0.200. The van der Waals surface area contributed by atoms with Gasteiger partial charge in [-0.2, -0.15) is 13.2 Å². The second kappa shape index (κ2) is 8.66. The Bertz CT molecular complexity index is 1060. The third-order valence-corrected chi connectivity index (χ3v) is 4.37. The van der Waals surface area contributed by atoms with Gasteiger partial charge in [-0.3, -0.25) is 0 Å². The van der Waals surface area contributed by atoms with Gasteiger partial charge in [-0.15, -0.1) is 10.2 Å². The van der Waals surface area contributed by atoms with Crippen molar-refractivity contribution in [3.63, 3.8) is 0 Å². The van der Waals surface area contributed by atoms with Gasteiger partial charge >= 0.3 is 12.1 Å². The lowest BCUT2D eigenvalue weighted by molar-refractivity contribution is -0.137. The summed E-state index contributed by atoms with van der Waals surface area (Å²) in [7, 11) is 1.63. The van der Waals surface area contributed by atoms with Crippen molar-refractivity contribution in [2.75, 3.05) is 18.6 Å². The number of anilines is 2. The third-order valence-electron chi connectivity index (χ3n) is 4.12. The van der Waals surface area contributed by atoms with Crippen LogP contribution in [0.25, 0.3) is 11.4 Å². The second-order valence-corrected chi connectivity index (χ2v) is 6.58. The van der Waals surface area contributed by atoms with Crippen LogP contribution in [-0.4, -0.2) is 34.8 Å². The van der Waals surface area contributed by atoms with E-state index in [4.69, 9.17) is 16.3 Å². The van der Waals surface area contributed by atoms with Crippen molar-refractivity contribution in [3.8, 4) is 11.4 Å². The highest BCUT2D eigenvalue weighted by Gasteiger charge is 2.31. The summed E-state index contributed by atoms with van der Waals surface area (Å²) in [4.78, 5) is 18.2. The molecule has 0 aliphatic carbocycles. The van der Waals surface area contributed by atoms with Gasteiger partial charge in [0.2, 0.25) is 5.69 Å².